The standard InChI is InChI=1S/C17H17NO/c1-12-4-6-13(7-5-12)17-11-14-10-15(18(2)3)8-9-16(14)19-17/h4-11H,1-3H3. The Hall–Kier alpha value is -2.22. The SMILES string of the molecule is Cc1ccc(-c2cc3cc(N(C)C)ccc3o2)cc1. The molecule has 3 aromatic rings. The molecule has 0 saturated heterocycles. The smallest absolute Gasteiger partial charge is 0.135 e. The highest BCUT2D eigenvalue weighted by molar-refractivity contribution is 5.85. The van der Waals surface area contributed by atoms with E-state index in [1.54, 1.807) is 0 Å². The number of furan rings is 1. The summed E-state index contributed by atoms with van der Waals surface area (Å²) in [5, 5.41) is 1.14. The molecule has 0 unspecified atom stereocenters. The van der Waals surface area contributed by atoms with Crippen LogP contribution in [0.1, 0.15) is 5.56 Å². The Labute approximate surface area is 113 Å². The van der Waals surface area contributed by atoms with Gasteiger partial charge in [-0.05, 0) is 31.2 Å². The van der Waals surface area contributed by atoms with E-state index in [4.69, 9.17) is 4.42 Å². The van der Waals surface area contributed by atoms with Crippen LogP contribution in [-0.2, 0) is 0 Å². The molecule has 2 aromatic carbocycles. The maximum Gasteiger partial charge on any atom is 0.135 e. The Balaban J connectivity index is 2.08. The van der Waals surface area contributed by atoms with E-state index in [1.807, 2.05) is 20.2 Å². The van der Waals surface area contributed by atoms with Crippen LogP contribution < -0.4 is 4.90 Å². The molecule has 19 heavy (non-hydrogen) atoms. The molecule has 0 atom stereocenters. The molecule has 3 rings (SSSR count). The van der Waals surface area contributed by atoms with Crippen molar-refractivity contribution in [3.63, 3.8) is 0 Å². The lowest BCUT2D eigenvalue weighted by atomic mass is 10.1. The largest absolute Gasteiger partial charge is 0.456 e. The lowest BCUT2D eigenvalue weighted by Crippen LogP contribution is -2.07. The topological polar surface area (TPSA) is 16.4 Å². The number of aryl methyl sites for hydroxylation is 1. The molecule has 0 aliphatic carbocycles. The van der Waals surface area contributed by atoms with Gasteiger partial charge >= 0.3 is 0 Å². The molecular formula is C17H17NO. The first kappa shape index (κ1) is 11.8. The van der Waals surface area contributed by atoms with Gasteiger partial charge in [-0.15, -0.1) is 0 Å². The van der Waals surface area contributed by atoms with Crippen LogP contribution in [0, 0.1) is 6.92 Å². The van der Waals surface area contributed by atoms with Crippen molar-refractivity contribution in [3.8, 4) is 11.3 Å². The van der Waals surface area contributed by atoms with E-state index in [-0.39, 0.29) is 0 Å². The monoisotopic (exact) mass is 251 g/mol. The molecule has 96 valence electrons. The van der Waals surface area contributed by atoms with Gasteiger partial charge in [-0.2, -0.15) is 0 Å². The summed E-state index contributed by atoms with van der Waals surface area (Å²) in [7, 11) is 4.09. The molecule has 0 aliphatic rings. The molecule has 1 heterocycles. The molecule has 1 aromatic heterocycles. The van der Waals surface area contributed by atoms with Crippen LogP contribution >= 0.6 is 0 Å². The van der Waals surface area contributed by atoms with E-state index in [0.717, 1.165) is 22.3 Å². The molecule has 0 radical (unpaired) electrons. The van der Waals surface area contributed by atoms with E-state index < -0.39 is 0 Å². The average Bonchev–Trinajstić information content (AvgIpc) is 2.82. The fourth-order valence-corrected chi connectivity index (χ4v) is 2.17. The minimum Gasteiger partial charge on any atom is -0.456 e. The van der Waals surface area contributed by atoms with E-state index >= 15 is 0 Å². The predicted octanol–water partition coefficient (Wildman–Crippen LogP) is 4.47. The third-order valence-corrected chi connectivity index (χ3v) is 3.35. The molecule has 0 spiro atoms. The molecule has 2 heteroatoms. The highest BCUT2D eigenvalue weighted by atomic mass is 16.3. The fraction of sp³-hybridized carbons (Fsp3) is 0.176. The second-order valence-electron chi connectivity index (χ2n) is 5.09. The Morgan fingerprint density at radius 3 is 2.32 bits per heavy atom. The summed E-state index contributed by atoms with van der Waals surface area (Å²) in [6.45, 7) is 2.09. The fourth-order valence-electron chi connectivity index (χ4n) is 2.17. The number of fused-ring (bicyclic) bond motifs is 1. The van der Waals surface area contributed by atoms with Gasteiger partial charge in [0.15, 0.2) is 0 Å². The summed E-state index contributed by atoms with van der Waals surface area (Å²) in [5.74, 6) is 0.922. The number of anilines is 1. The summed E-state index contributed by atoms with van der Waals surface area (Å²) in [6.07, 6.45) is 0. The second kappa shape index (κ2) is 4.47. The first-order chi connectivity index (χ1) is 9.13. The Morgan fingerprint density at radius 1 is 0.895 bits per heavy atom. The van der Waals surface area contributed by atoms with Crippen LogP contribution in [0.25, 0.3) is 22.3 Å². The summed E-state index contributed by atoms with van der Waals surface area (Å²) in [5.41, 5.74) is 4.49. The van der Waals surface area contributed by atoms with E-state index in [1.165, 1.54) is 11.3 Å². The zero-order chi connectivity index (χ0) is 13.4. The Morgan fingerprint density at radius 2 is 1.63 bits per heavy atom. The van der Waals surface area contributed by atoms with Gasteiger partial charge in [0.2, 0.25) is 0 Å². The number of hydrogen-bond donors (Lipinski definition) is 0. The number of hydrogen-bond acceptors (Lipinski definition) is 2. The van der Waals surface area contributed by atoms with Gasteiger partial charge in [0.25, 0.3) is 0 Å². The van der Waals surface area contributed by atoms with Crippen molar-refractivity contribution in [3.05, 3.63) is 54.1 Å². The van der Waals surface area contributed by atoms with Gasteiger partial charge < -0.3 is 9.32 Å². The van der Waals surface area contributed by atoms with Crippen molar-refractivity contribution in [1.82, 2.24) is 0 Å². The first-order valence-corrected chi connectivity index (χ1v) is 6.41. The van der Waals surface area contributed by atoms with Crippen LogP contribution in [0.2, 0.25) is 0 Å². The normalized spacial score (nSPS) is 10.9. The minimum absolute atomic E-state index is 0.922. The van der Waals surface area contributed by atoms with Gasteiger partial charge in [0, 0.05) is 30.7 Å². The lowest BCUT2D eigenvalue weighted by molar-refractivity contribution is 0.631. The van der Waals surface area contributed by atoms with Crippen LogP contribution in [0.5, 0.6) is 0 Å². The van der Waals surface area contributed by atoms with Crippen molar-refractivity contribution < 1.29 is 4.42 Å². The lowest BCUT2D eigenvalue weighted by Gasteiger charge is -2.11. The van der Waals surface area contributed by atoms with Crippen LogP contribution in [0.15, 0.2) is 52.9 Å². The Bertz CT molecular complexity index is 708. The van der Waals surface area contributed by atoms with E-state index in [2.05, 4.69) is 54.3 Å². The molecular weight excluding hydrogens is 234 g/mol. The summed E-state index contributed by atoms with van der Waals surface area (Å²) in [6, 6.07) is 16.8. The van der Waals surface area contributed by atoms with Gasteiger partial charge in [-0.1, -0.05) is 29.8 Å². The van der Waals surface area contributed by atoms with Crippen LogP contribution in [-0.4, -0.2) is 14.1 Å². The van der Waals surface area contributed by atoms with Crippen molar-refractivity contribution in [1.29, 1.82) is 0 Å². The van der Waals surface area contributed by atoms with E-state index in [9.17, 15) is 0 Å². The third-order valence-electron chi connectivity index (χ3n) is 3.35. The quantitative estimate of drug-likeness (QED) is 0.668. The number of nitrogens with zero attached hydrogens (tertiary/aromatic N) is 1. The summed E-state index contributed by atoms with van der Waals surface area (Å²) in [4.78, 5) is 2.10. The van der Waals surface area contributed by atoms with Gasteiger partial charge in [0.05, 0.1) is 0 Å². The van der Waals surface area contributed by atoms with Gasteiger partial charge in [0.1, 0.15) is 11.3 Å². The van der Waals surface area contributed by atoms with Crippen molar-refractivity contribution in [2.45, 2.75) is 6.92 Å². The second-order valence-corrected chi connectivity index (χ2v) is 5.09. The molecule has 0 bridgehead atoms. The molecule has 0 fully saturated rings. The Kier molecular flexibility index (Phi) is 2.79. The summed E-state index contributed by atoms with van der Waals surface area (Å²) >= 11 is 0. The maximum atomic E-state index is 5.91. The molecule has 0 amide bonds. The molecule has 2 nitrogen and oxygen atoms in total. The highest BCUT2D eigenvalue weighted by Crippen LogP contribution is 2.30. The van der Waals surface area contributed by atoms with Crippen molar-refractivity contribution in [2.24, 2.45) is 0 Å². The van der Waals surface area contributed by atoms with Crippen LogP contribution in [0.4, 0.5) is 5.69 Å². The first-order valence-electron chi connectivity index (χ1n) is 6.41. The minimum atomic E-state index is 0.922. The van der Waals surface area contributed by atoms with E-state index in [0.29, 0.717) is 0 Å². The van der Waals surface area contributed by atoms with Crippen molar-refractivity contribution >= 4 is 16.7 Å². The number of rotatable bonds is 2. The van der Waals surface area contributed by atoms with Gasteiger partial charge in [-0.25, -0.2) is 0 Å². The third kappa shape index (κ3) is 2.22. The van der Waals surface area contributed by atoms with Gasteiger partial charge in [-0.3, -0.25) is 0 Å². The average molecular weight is 251 g/mol. The predicted molar refractivity (Wildman–Crippen MR) is 80.7 cm³/mol. The zero-order valence-corrected chi connectivity index (χ0v) is 11.5. The molecule has 0 saturated carbocycles. The van der Waals surface area contributed by atoms with Crippen LogP contribution in [0.3, 0.4) is 0 Å². The highest BCUT2D eigenvalue weighted by Gasteiger charge is 2.07. The van der Waals surface area contributed by atoms with Crippen molar-refractivity contribution in [2.75, 3.05) is 19.0 Å². The molecule has 0 N–H and O–H groups in total. The molecule has 0 aliphatic heterocycles. The maximum absolute atomic E-state index is 5.91. The summed E-state index contributed by atoms with van der Waals surface area (Å²) < 4.78 is 5.91. The number of benzene rings is 2. The zero-order valence-electron chi connectivity index (χ0n) is 11.5.